The van der Waals surface area contributed by atoms with Crippen LogP contribution in [0.15, 0.2) is 28.7 Å². The molecule has 100 valence electrons. The van der Waals surface area contributed by atoms with Crippen molar-refractivity contribution in [2.75, 3.05) is 13.2 Å². The fraction of sp³-hybridized carbons (Fsp3) is 0.500. The van der Waals surface area contributed by atoms with Crippen LogP contribution in [0.3, 0.4) is 0 Å². The van der Waals surface area contributed by atoms with Crippen molar-refractivity contribution in [1.82, 2.24) is 0 Å². The molecule has 4 heteroatoms. The molecule has 0 saturated carbocycles. The Morgan fingerprint density at radius 3 is 2.56 bits per heavy atom. The van der Waals surface area contributed by atoms with Crippen molar-refractivity contribution in [1.29, 1.82) is 0 Å². The zero-order valence-electron chi connectivity index (χ0n) is 11.0. The SMILES string of the molecule is CC(C)(C)OC(=O)COCCc1ccccc1Br. The number of halogens is 1. The number of esters is 1. The molecule has 0 N–H and O–H groups in total. The van der Waals surface area contributed by atoms with Gasteiger partial charge in [0.2, 0.25) is 0 Å². The Kier molecular flexibility index (Phi) is 5.82. The Morgan fingerprint density at radius 2 is 1.94 bits per heavy atom. The van der Waals surface area contributed by atoms with Crippen molar-refractivity contribution in [2.24, 2.45) is 0 Å². The molecule has 0 saturated heterocycles. The molecule has 18 heavy (non-hydrogen) atoms. The molecular weight excluding hydrogens is 296 g/mol. The molecule has 1 rings (SSSR count). The Balaban J connectivity index is 2.23. The summed E-state index contributed by atoms with van der Waals surface area (Å²) in [6, 6.07) is 7.97. The number of ether oxygens (including phenoxy) is 2. The normalized spacial score (nSPS) is 11.3. The first-order chi connectivity index (χ1) is 8.38. The van der Waals surface area contributed by atoms with Crippen molar-refractivity contribution in [2.45, 2.75) is 32.8 Å². The second-order valence-corrected chi connectivity index (χ2v) is 5.83. The van der Waals surface area contributed by atoms with Crippen molar-refractivity contribution in [3.8, 4) is 0 Å². The third-order valence-corrected chi connectivity index (χ3v) is 2.89. The standard InChI is InChI=1S/C14H19BrO3/c1-14(2,3)18-13(16)10-17-9-8-11-6-4-5-7-12(11)15/h4-7H,8-10H2,1-3H3. The molecule has 0 amide bonds. The highest BCUT2D eigenvalue weighted by molar-refractivity contribution is 9.10. The fourth-order valence-electron chi connectivity index (χ4n) is 1.41. The minimum Gasteiger partial charge on any atom is -0.458 e. The van der Waals surface area contributed by atoms with Gasteiger partial charge in [-0.25, -0.2) is 4.79 Å². The minimum absolute atomic E-state index is 0.00171. The summed E-state index contributed by atoms with van der Waals surface area (Å²) in [6.45, 7) is 6.02. The number of hydrogen-bond donors (Lipinski definition) is 0. The van der Waals surface area contributed by atoms with E-state index in [0.717, 1.165) is 10.9 Å². The summed E-state index contributed by atoms with van der Waals surface area (Å²) >= 11 is 3.47. The predicted molar refractivity (Wildman–Crippen MR) is 74.5 cm³/mol. The summed E-state index contributed by atoms with van der Waals surface area (Å²) in [5.41, 5.74) is 0.713. The van der Waals surface area contributed by atoms with Gasteiger partial charge >= 0.3 is 5.97 Å². The second-order valence-electron chi connectivity index (χ2n) is 4.98. The van der Waals surface area contributed by atoms with Crippen molar-refractivity contribution >= 4 is 21.9 Å². The van der Waals surface area contributed by atoms with E-state index in [4.69, 9.17) is 9.47 Å². The number of hydrogen-bond acceptors (Lipinski definition) is 3. The van der Waals surface area contributed by atoms with Crippen LogP contribution in [-0.2, 0) is 20.7 Å². The number of carbonyl (C=O) groups is 1. The largest absolute Gasteiger partial charge is 0.458 e. The second kappa shape index (κ2) is 6.90. The van der Waals surface area contributed by atoms with Gasteiger partial charge in [-0.1, -0.05) is 34.1 Å². The van der Waals surface area contributed by atoms with Crippen LogP contribution in [0.2, 0.25) is 0 Å². The molecule has 0 aliphatic carbocycles. The van der Waals surface area contributed by atoms with E-state index in [0.29, 0.717) is 6.61 Å². The van der Waals surface area contributed by atoms with Gasteiger partial charge in [-0.05, 0) is 38.8 Å². The van der Waals surface area contributed by atoms with E-state index in [9.17, 15) is 4.79 Å². The molecule has 0 aromatic heterocycles. The van der Waals surface area contributed by atoms with E-state index < -0.39 is 5.60 Å². The summed E-state index contributed by atoms with van der Waals surface area (Å²) in [4.78, 5) is 11.4. The molecule has 0 bridgehead atoms. The topological polar surface area (TPSA) is 35.5 Å². The van der Waals surface area contributed by atoms with E-state index in [1.807, 2.05) is 45.0 Å². The molecule has 0 fully saturated rings. The van der Waals surface area contributed by atoms with Crippen LogP contribution < -0.4 is 0 Å². The maximum Gasteiger partial charge on any atom is 0.332 e. The minimum atomic E-state index is -0.455. The highest BCUT2D eigenvalue weighted by atomic mass is 79.9. The lowest BCUT2D eigenvalue weighted by atomic mass is 10.2. The van der Waals surface area contributed by atoms with Crippen molar-refractivity contribution in [3.63, 3.8) is 0 Å². The van der Waals surface area contributed by atoms with E-state index in [-0.39, 0.29) is 12.6 Å². The Bertz CT molecular complexity index is 396. The van der Waals surface area contributed by atoms with E-state index in [1.165, 1.54) is 5.56 Å². The van der Waals surface area contributed by atoms with Gasteiger partial charge in [0.05, 0.1) is 6.61 Å². The molecular formula is C14H19BrO3. The lowest BCUT2D eigenvalue weighted by Crippen LogP contribution is -2.26. The average molecular weight is 315 g/mol. The summed E-state index contributed by atoms with van der Waals surface area (Å²) in [5, 5.41) is 0. The van der Waals surface area contributed by atoms with Gasteiger partial charge in [-0.15, -0.1) is 0 Å². The van der Waals surface area contributed by atoms with Gasteiger partial charge in [0.15, 0.2) is 0 Å². The summed E-state index contributed by atoms with van der Waals surface area (Å²) in [6.07, 6.45) is 0.768. The number of carbonyl (C=O) groups excluding carboxylic acids is 1. The van der Waals surface area contributed by atoms with Crippen LogP contribution in [0.25, 0.3) is 0 Å². The smallest absolute Gasteiger partial charge is 0.332 e. The van der Waals surface area contributed by atoms with Crippen LogP contribution in [0.4, 0.5) is 0 Å². The van der Waals surface area contributed by atoms with E-state index in [2.05, 4.69) is 15.9 Å². The maximum absolute atomic E-state index is 11.4. The maximum atomic E-state index is 11.4. The molecule has 1 aromatic carbocycles. The van der Waals surface area contributed by atoms with Crippen molar-refractivity contribution < 1.29 is 14.3 Å². The lowest BCUT2D eigenvalue weighted by Gasteiger charge is -2.19. The predicted octanol–water partition coefficient (Wildman–Crippen LogP) is 3.35. The highest BCUT2D eigenvalue weighted by Crippen LogP contribution is 2.16. The average Bonchev–Trinajstić information content (AvgIpc) is 2.24. The van der Waals surface area contributed by atoms with E-state index in [1.54, 1.807) is 0 Å². The number of rotatable bonds is 5. The molecule has 0 aliphatic heterocycles. The molecule has 0 heterocycles. The molecule has 0 radical (unpaired) electrons. The van der Waals surface area contributed by atoms with Crippen LogP contribution in [0, 0.1) is 0 Å². The first-order valence-corrected chi connectivity index (χ1v) is 6.71. The molecule has 0 aliphatic rings. The Hall–Kier alpha value is -0.870. The zero-order chi connectivity index (χ0) is 13.6. The van der Waals surface area contributed by atoms with Crippen molar-refractivity contribution in [3.05, 3.63) is 34.3 Å². The van der Waals surface area contributed by atoms with Gasteiger partial charge in [0.25, 0.3) is 0 Å². The Labute approximate surface area is 117 Å². The van der Waals surface area contributed by atoms with Gasteiger partial charge in [-0.2, -0.15) is 0 Å². The molecule has 1 aromatic rings. The third-order valence-electron chi connectivity index (χ3n) is 2.11. The molecule has 0 unspecified atom stereocenters. The zero-order valence-corrected chi connectivity index (χ0v) is 12.6. The quantitative estimate of drug-likeness (QED) is 0.617. The third kappa shape index (κ3) is 6.17. The van der Waals surface area contributed by atoms with Gasteiger partial charge in [0, 0.05) is 4.47 Å². The van der Waals surface area contributed by atoms with Gasteiger partial charge in [0.1, 0.15) is 12.2 Å². The van der Waals surface area contributed by atoms with Crippen LogP contribution >= 0.6 is 15.9 Å². The lowest BCUT2D eigenvalue weighted by molar-refractivity contribution is -0.160. The first-order valence-electron chi connectivity index (χ1n) is 5.91. The molecule has 0 spiro atoms. The van der Waals surface area contributed by atoms with Crippen LogP contribution in [-0.4, -0.2) is 24.8 Å². The monoisotopic (exact) mass is 314 g/mol. The van der Waals surface area contributed by atoms with Gasteiger partial charge in [-0.3, -0.25) is 0 Å². The van der Waals surface area contributed by atoms with E-state index >= 15 is 0 Å². The molecule has 0 atom stereocenters. The first kappa shape index (κ1) is 15.2. The summed E-state index contributed by atoms with van der Waals surface area (Å²) < 4.78 is 11.5. The molecule has 3 nitrogen and oxygen atoms in total. The number of benzene rings is 1. The summed E-state index contributed by atoms with van der Waals surface area (Å²) in [5.74, 6) is -0.324. The highest BCUT2D eigenvalue weighted by Gasteiger charge is 2.15. The summed E-state index contributed by atoms with van der Waals surface area (Å²) in [7, 11) is 0. The van der Waals surface area contributed by atoms with Crippen LogP contribution in [0.5, 0.6) is 0 Å². The van der Waals surface area contributed by atoms with Crippen LogP contribution in [0.1, 0.15) is 26.3 Å². The fourth-order valence-corrected chi connectivity index (χ4v) is 1.89. The Morgan fingerprint density at radius 1 is 1.28 bits per heavy atom. The van der Waals surface area contributed by atoms with Gasteiger partial charge < -0.3 is 9.47 Å².